The quantitative estimate of drug-likeness (QED) is 0.334. The van der Waals surface area contributed by atoms with Crippen LogP contribution in [0.2, 0.25) is 0 Å². The fraction of sp³-hybridized carbons (Fsp3) is 0.286. The van der Waals surface area contributed by atoms with Gasteiger partial charge in [0.25, 0.3) is 11.8 Å². The van der Waals surface area contributed by atoms with Crippen molar-refractivity contribution in [3.8, 4) is 5.75 Å². The average Bonchev–Trinajstić information content (AvgIpc) is 3.31. The Hall–Kier alpha value is -4.85. The summed E-state index contributed by atoms with van der Waals surface area (Å²) in [4.78, 5) is 46.1. The third kappa shape index (κ3) is 5.65. The number of ether oxygens (including phenoxy) is 1. The molecule has 2 aliphatic heterocycles. The minimum absolute atomic E-state index is 0.0183. The summed E-state index contributed by atoms with van der Waals surface area (Å²) in [7, 11) is 1.63. The van der Waals surface area contributed by atoms with Crippen LogP contribution in [0, 0.1) is 0 Å². The van der Waals surface area contributed by atoms with Crippen LogP contribution in [0.5, 0.6) is 5.75 Å². The number of methoxy groups -OCH3 is 1. The standard InChI is InChI=1S/C35H36N4O4/c1-43-31-14-8-7-10-27(31)17-20-36-32(40)24-38-25-39(30-12-3-2-4-13-30)35(34(38)42)18-21-37(22-19-35)33(41)29-16-15-26-9-5-6-11-28(26)23-29/h2-16,23H,17-22,24-25H2,1H3,(H,36,40). The van der Waals surface area contributed by atoms with Gasteiger partial charge in [-0.05, 0) is 65.9 Å². The van der Waals surface area contributed by atoms with E-state index in [1.54, 1.807) is 12.0 Å². The van der Waals surface area contributed by atoms with Gasteiger partial charge in [0, 0.05) is 30.9 Å². The van der Waals surface area contributed by atoms with E-state index < -0.39 is 5.54 Å². The fourth-order valence-corrected chi connectivity index (χ4v) is 6.38. The van der Waals surface area contributed by atoms with Crippen molar-refractivity contribution in [3.05, 3.63) is 108 Å². The normalized spacial score (nSPS) is 16.1. The molecular weight excluding hydrogens is 540 g/mol. The number of hydrogen-bond donors (Lipinski definition) is 1. The highest BCUT2D eigenvalue weighted by Gasteiger charge is 2.54. The van der Waals surface area contributed by atoms with Crippen molar-refractivity contribution >= 4 is 34.2 Å². The van der Waals surface area contributed by atoms with Gasteiger partial charge >= 0.3 is 0 Å². The van der Waals surface area contributed by atoms with Gasteiger partial charge in [-0.3, -0.25) is 14.4 Å². The lowest BCUT2D eigenvalue weighted by Crippen LogP contribution is -2.57. The molecule has 4 aromatic rings. The summed E-state index contributed by atoms with van der Waals surface area (Å²) in [5.41, 5.74) is 1.80. The van der Waals surface area contributed by atoms with Gasteiger partial charge in [-0.2, -0.15) is 0 Å². The topological polar surface area (TPSA) is 82.2 Å². The predicted molar refractivity (Wildman–Crippen MR) is 167 cm³/mol. The van der Waals surface area contributed by atoms with E-state index in [4.69, 9.17) is 4.74 Å². The molecule has 43 heavy (non-hydrogen) atoms. The van der Waals surface area contributed by atoms with Gasteiger partial charge in [0.05, 0.1) is 13.8 Å². The lowest BCUT2D eigenvalue weighted by atomic mass is 9.85. The van der Waals surface area contributed by atoms with Crippen molar-refractivity contribution in [2.45, 2.75) is 24.8 Å². The number of benzene rings is 4. The minimum atomic E-state index is -0.806. The number of rotatable bonds is 8. The molecule has 2 saturated heterocycles. The molecule has 8 nitrogen and oxygen atoms in total. The van der Waals surface area contributed by atoms with Crippen LogP contribution in [0.1, 0.15) is 28.8 Å². The van der Waals surface area contributed by atoms with Crippen LogP contribution < -0.4 is 15.0 Å². The van der Waals surface area contributed by atoms with E-state index in [0.717, 1.165) is 27.8 Å². The van der Waals surface area contributed by atoms with Gasteiger partial charge < -0.3 is 24.8 Å². The lowest BCUT2D eigenvalue weighted by molar-refractivity contribution is -0.137. The zero-order valence-electron chi connectivity index (χ0n) is 24.4. The van der Waals surface area contributed by atoms with Crippen molar-refractivity contribution in [3.63, 3.8) is 0 Å². The van der Waals surface area contributed by atoms with E-state index >= 15 is 0 Å². The van der Waals surface area contributed by atoms with Gasteiger partial charge in [-0.1, -0.05) is 66.7 Å². The largest absolute Gasteiger partial charge is 0.496 e. The number of likely N-dealkylation sites (tertiary alicyclic amines) is 1. The first-order valence-corrected chi connectivity index (χ1v) is 14.8. The van der Waals surface area contributed by atoms with Crippen molar-refractivity contribution in [2.24, 2.45) is 0 Å². The second kappa shape index (κ2) is 12.2. The van der Waals surface area contributed by atoms with Gasteiger partial charge in [-0.25, -0.2) is 0 Å². The summed E-state index contributed by atoms with van der Waals surface area (Å²) < 4.78 is 5.41. The number of carbonyl (C=O) groups is 3. The predicted octanol–water partition coefficient (Wildman–Crippen LogP) is 4.49. The van der Waals surface area contributed by atoms with Gasteiger partial charge in [0.15, 0.2) is 0 Å². The van der Waals surface area contributed by atoms with Crippen LogP contribution in [0.25, 0.3) is 10.8 Å². The molecule has 6 rings (SSSR count). The maximum Gasteiger partial charge on any atom is 0.253 e. The highest BCUT2D eigenvalue weighted by atomic mass is 16.5. The molecule has 0 atom stereocenters. The molecule has 0 aliphatic carbocycles. The molecule has 0 saturated carbocycles. The Bertz CT molecular complexity index is 1630. The third-order valence-electron chi connectivity index (χ3n) is 8.70. The molecule has 2 aliphatic rings. The van der Waals surface area contributed by atoms with E-state index in [9.17, 15) is 14.4 Å². The Morgan fingerprint density at radius 1 is 0.860 bits per heavy atom. The second-order valence-corrected chi connectivity index (χ2v) is 11.2. The lowest BCUT2D eigenvalue weighted by Gasteiger charge is -2.43. The van der Waals surface area contributed by atoms with E-state index in [0.29, 0.717) is 51.1 Å². The van der Waals surface area contributed by atoms with E-state index in [2.05, 4.69) is 10.2 Å². The van der Waals surface area contributed by atoms with Crippen LogP contribution in [0.4, 0.5) is 5.69 Å². The Kier molecular flexibility index (Phi) is 8.01. The number of hydrogen-bond acceptors (Lipinski definition) is 5. The van der Waals surface area contributed by atoms with Crippen LogP contribution >= 0.6 is 0 Å². The van der Waals surface area contributed by atoms with Gasteiger partial charge in [0.1, 0.15) is 17.8 Å². The Labute approximate surface area is 251 Å². The molecule has 0 unspecified atom stereocenters. The smallest absolute Gasteiger partial charge is 0.253 e. The second-order valence-electron chi connectivity index (χ2n) is 11.2. The highest BCUT2D eigenvalue weighted by molar-refractivity contribution is 6.00. The summed E-state index contributed by atoms with van der Waals surface area (Å²) >= 11 is 0. The number of para-hydroxylation sites is 2. The van der Waals surface area contributed by atoms with Gasteiger partial charge in [-0.15, -0.1) is 0 Å². The number of piperidine rings is 1. The molecular formula is C35H36N4O4. The third-order valence-corrected chi connectivity index (χ3v) is 8.70. The number of nitrogens with one attached hydrogen (secondary N) is 1. The average molecular weight is 577 g/mol. The molecule has 220 valence electrons. The van der Waals surface area contributed by atoms with Crippen LogP contribution in [0.15, 0.2) is 97.1 Å². The number of amides is 3. The summed E-state index contributed by atoms with van der Waals surface area (Å²) in [5.74, 6) is 0.507. The molecule has 4 aromatic carbocycles. The van der Waals surface area contributed by atoms with Crippen molar-refractivity contribution < 1.29 is 19.1 Å². The Morgan fingerprint density at radius 2 is 1.56 bits per heavy atom. The van der Waals surface area contributed by atoms with Crippen LogP contribution in [0.3, 0.4) is 0 Å². The van der Waals surface area contributed by atoms with Crippen molar-refractivity contribution in [1.29, 1.82) is 0 Å². The Morgan fingerprint density at radius 3 is 2.33 bits per heavy atom. The molecule has 1 spiro atoms. The summed E-state index contributed by atoms with van der Waals surface area (Å²) in [6.07, 6.45) is 1.61. The first-order chi connectivity index (χ1) is 21.0. The van der Waals surface area contributed by atoms with E-state index in [1.165, 1.54) is 0 Å². The first kappa shape index (κ1) is 28.3. The molecule has 0 bridgehead atoms. The molecule has 8 heteroatoms. The molecule has 2 heterocycles. The van der Waals surface area contributed by atoms with Crippen LogP contribution in [-0.2, 0) is 16.0 Å². The number of nitrogens with zero attached hydrogens (tertiary/aromatic N) is 3. The van der Waals surface area contributed by atoms with Crippen LogP contribution in [-0.4, -0.2) is 73.0 Å². The highest BCUT2D eigenvalue weighted by Crippen LogP contribution is 2.39. The molecule has 3 amide bonds. The minimum Gasteiger partial charge on any atom is -0.496 e. The molecule has 0 aromatic heterocycles. The monoisotopic (exact) mass is 576 g/mol. The zero-order valence-corrected chi connectivity index (χ0v) is 24.4. The molecule has 2 fully saturated rings. The number of carbonyl (C=O) groups excluding carboxylic acids is 3. The molecule has 1 N–H and O–H groups in total. The first-order valence-electron chi connectivity index (χ1n) is 14.8. The number of fused-ring (bicyclic) bond motifs is 1. The maximum atomic E-state index is 14.1. The molecule has 0 radical (unpaired) electrons. The van der Waals surface area contributed by atoms with Crippen molar-refractivity contribution in [1.82, 2.24) is 15.1 Å². The SMILES string of the molecule is COc1ccccc1CCNC(=O)CN1CN(c2ccccc2)C2(CCN(C(=O)c3ccc4ccccc4c3)CC2)C1=O. The van der Waals surface area contributed by atoms with Gasteiger partial charge in [0.2, 0.25) is 5.91 Å². The fourth-order valence-electron chi connectivity index (χ4n) is 6.38. The van der Waals surface area contributed by atoms with E-state index in [-0.39, 0.29) is 24.3 Å². The van der Waals surface area contributed by atoms with E-state index in [1.807, 2.05) is 102 Å². The summed E-state index contributed by atoms with van der Waals surface area (Å²) in [5, 5.41) is 5.09. The summed E-state index contributed by atoms with van der Waals surface area (Å²) in [6.45, 7) is 1.66. The van der Waals surface area contributed by atoms with Crippen molar-refractivity contribution in [2.75, 3.05) is 44.9 Å². The maximum absolute atomic E-state index is 14.1. The Balaban J connectivity index is 1.14. The number of anilines is 1. The summed E-state index contributed by atoms with van der Waals surface area (Å²) in [6, 6.07) is 31.4. The zero-order chi connectivity index (χ0) is 29.8.